The molecule has 0 aliphatic heterocycles. The van der Waals surface area contributed by atoms with Crippen molar-refractivity contribution in [1.82, 2.24) is 15.5 Å². The molecule has 0 fully saturated rings. The van der Waals surface area contributed by atoms with Crippen molar-refractivity contribution in [1.29, 1.82) is 0 Å². The third-order valence-corrected chi connectivity index (χ3v) is 2.28. The topological polar surface area (TPSA) is 53.3 Å². The van der Waals surface area contributed by atoms with E-state index in [4.69, 9.17) is 18.0 Å². The van der Waals surface area contributed by atoms with Crippen molar-refractivity contribution in [2.24, 2.45) is 5.73 Å². The minimum Gasteiger partial charge on any atom is -0.376 e. The molecule has 0 unspecified atom stereocenters. The van der Waals surface area contributed by atoms with E-state index in [-0.39, 0.29) is 0 Å². The minimum absolute atomic E-state index is 0.511. The van der Waals surface area contributed by atoms with Gasteiger partial charge in [-0.15, -0.1) is 0 Å². The Morgan fingerprint density at radius 2 is 1.57 bits per heavy atom. The van der Waals surface area contributed by atoms with Gasteiger partial charge in [0.25, 0.3) is 0 Å². The maximum absolute atomic E-state index is 5.62. The van der Waals surface area contributed by atoms with Crippen molar-refractivity contribution in [3.8, 4) is 0 Å². The van der Waals surface area contributed by atoms with Gasteiger partial charge in [0.2, 0.25) is 0 Å². The Morgan fingerprint density at radius 1 is 1.14 bits per heavy atom. The van der Waals surface area contributed by atoms with Gasteiger partial charge in [-0.05, 0) is 52.2 Å². The molecule has 0 spiro atoms. The second-order valence-electron chi connectivity index (χ2n) is 3.24. The molecule has 0 aromatic heterocycles. The van der Waals surface area contributed by atoms with E-state index in [1.807, 2.05) is 14.1 Å². The molecule has 84 valence electrons. The number of nitrogens with one attached hydrogen (secondary N) is 2. The summed E-state index contributed by atoms with van der Waals surface area (Å²) in [5.41, 5.74) is 5.62. The molecule has 14 heavy (non-hydrogen) atoms. The predicted octanol–water partition coefficient (Wildman–Crippen LogP) is -0.249. The molecule has 0 aromatic carbocycles. The molecule has 0 amide bonds. The summed E-state index contributed by atoms with van der Waals surface area (Å²) in [5.74, 6) is 0. The van der Waals surface area contributed by atoms with Crippen molar-refractivity contribution in [3.05, 3.63) is 0 Å². The largest absolute Gasteiger partial charge is 0.376 e. The van der Waals surface area contributed by atoms with Crippen LogP contribution in [0, 0.1) is 0 Å². The van der Waals surface area contributed by atoms with E-state index in [1.165, 1.54) is 0 Å². The Kier molecular flexibility index (Phi) is 8.92. The zero-order chi connectivity index (χ0) is 10.8. The van der Waals surface area contributed by atoms with Crippen LogP contribution in [0.4, 0.5) is 0 Å². The first-order chi connectivity index (χ1) is 6.72. The smallest absolute Gasteiger partial charge is 0.166 e. The Balaban J connectivity index is 3.61. The van der Waals surface area contributed by atoms with Gasteiger partial charge in [0.1, 0.15) is 0 Å². The molecule has 0 bridgehead atoms. The van der Waals surface area contributed by atoms with Crippen LogP contribution in [-0.2, 0) is 0 Å². The van der Waals surface area contributed by atoms with Crippen LogP contribution >= 0.6 is 12.2 Å². The summed E-state index contributed by atoms with van der Waals surface area (Å²) in [6, 6.07) is 0. The van der Waals surface area contributed by atoms with E-state index >= 15 is 0 Å². The van der Waals surface area contributed by atoms with Gasteiger partial charge in [-0.1, -0.05) is 0 Å². The number of hydrogen-bond donors (Lipinski definition) is 3. The zero-order valence-electron chi connectivity index (χ0n) is 9.18. The van der Waals surface area contributed by atoms with Crippen molar-refractivity contribution in [2.75, 3.05) is 40.3 Å². The molecule has 0 saturated carbocycles. The second kappa shape index (κ2) is 9.18. The summed E-state index contributed by atoms with van der Waals surface area (Å²) in [5, 5.41) is 6.72. The highest BCUT2D eigenvalue weighted by Crippen LogP contribution is 1.93. The molecule has 0 rings (SSSR count). The van der Waals surface area contributed by atoms with E-state index in [0.717, 1.165) is 39.0 Å². The van der Waals surface area contributed by atoms with Gasteiger partial charge in [-0.2, -0.15) is 0 Å². The van der Waals surface area contributed by atoms with E-state index in [0.29, 0.717) is 5.11 Å². The molecule has 0 aliphatic rings. The average Bonchev–Trinajstić information content (AvgIpc) is 2.15. The monoisotopic (exact) mass is 218 g/mol. The molecule has 0 atom stereocenters. The van der Waals surface area contributed by atoms with Gasteiger partial charge in [-0.3, -0.25) is 0 Å². The molecule has 4 nitrogen and oxygen atoms in total. The summed E-state index contributed by atoms with van der Waals surface area (Å²) >= 11 is 4.98. The Labute approximate surface area is 92.2 Å². The molecule has 0 saturated heterocycles. The first kappa shape index (κ1) is 13.6. The van der Waals surface area contributed by atoms with E-state index in [1.54, 1.807) is 0 Å². The minimum atomic E-state index is 0.511. The quantitative estimate of drug-likeness (QED) is 0.387. The lowest BCUT2D eigenvalue weighted by atomic mass is 10.3. The van der Waals surface area contributed by atoms with Crippen molar-refractivity contribution in [3.63, 3.8) is 0 Å². The third kappa shape index (κ3) is 7.06. The molecule has 0 radical (unpaired) electrons. The highest BCUT2D eigenvalue weighted by molar-refractivity contribution is 7.80. The van der Waals surface area contributed by atoms with Crippen LogP contribution in [0.25, 0.3) is 0 Å². The van der Waals surface area contributed by atoms with Crippen LogP contribution < -0.4 is 16.4 Å². The summed E-state index contributed by atoms with van der Waals surface area (Å²) in [6.07, 6.45) is 2.15. The Morgan fingerprint density at radius 3 is 1.86 bits per heavy atom. The number of nitrogens with zero attached hydrogens (tertiary/aromatic N) is 1. The number of thiocarbonyl (C=S) groups is 1. The normalized spacial score (nSPS) is 10.1. The molecule has 0 heterocycles. The molecular formula is C9H22N4S. The van der Waals surface area contributed by atoms with Crippen LogP contribution in [0.15, 0.2) is 0 Å². The second-order valence-corrected chi connectivity index (χ2v) is 3.66. The van der Waals surface area contributed by atoms with Gasteiger partial charge < -0.3 is 21.3 Å². The van der Waals surface area contributed by atoms with Gasteiger partial charge in [0.15, 0.2) is 5.11 Å². The lowest BCUT2D eigenvalue weighted by Crippen LogP contribution is -2.38. The Bertz CT molecular complexity index is 142. The molecular weight excluding hydrogens is 196 g/mol. The molecule has 0 aliphatic carbocycles. The van der Waals surface area contributed by atoms with Crippen LogP contribution in [0.1, 0.15) is 12.8 Å². The van der Waals surface area contributed by atoms with Crippen molar-refractivity contribution < 1.29 is 0 Å². The Hall–Kier alpha value is -0.390. The van der Waals surface area contributed by atoms with E-state index in [9.17, 15) is 0 Å². The summed E-state index contributed by atoms with van der Waals surface area (Å²) in [7, 11) is 3.90. The van der Waals surface area contributed by atoms with Crippen LogP contribution in [-0.4, -0.2) is 50.3 Å². The fraction of sp³-hybridized carbons (Fsp3) is 0.889. The standard InChI is InChI=1S/C9H22N4S/c1-11-5-3-7-13(9(10)14)8-4-6-12-2/h11-12H,3-8H2,1-2H3,(H2,10,14). The maximum atomic E-state index is 5.62. The SMILES string of the molecule is CNCCCN(CCCNC)C(N)=S. The molecule has 5 heteroatoms. The average molecular weight is 218 g/mol. The van der Waals surface area contributed by atoms with Gasteiger partial charge >= 0.3 is 0 Å². The fourth-order valence-corrected chi connectivity index (χ4v) is 1.41. The highest BCUT2D eigenvalue weighted by Gasteiger charge is 2.04. The van der Waals surface area contributed by atoms with Gasteiger partial charge in [0, 0.05) is 13.1 Å². The lowest BCUT2D eigenvalue weighted by molar-refractivity contribution is 0.400. The molecule has 0 aromatic rings. The first-order valence-corrected chi connectivity index (χ1v) is 5.46. The van der Waals surface area contributed by atoms with Crippen LogP contribution in [0.3, 0.4) is 0 Å². The van der Waals surface area contributed by atoms with Gasteiger partial charge in [0.05, 0.1) is 0 Å². The summed E-state index contributed by atoms with van der Waals surface area (Å²) in [4.78, 5) is 2.06. The number of nitrogens with two attached hydrogens (primary N) is 1. The summed E-state index contributed by atoms with van der Waals surface area (Å²) in [6.45, 7) is 3.90. The van der Waals surface area contributed by atoms with Gasteiger partial charge in [-0.25, -0.2) is 0 Å². The van der Waals surface area contributed by atoms with Crippen molar-refractivity contribution in [2.45, 2.75) is 12.8 Å². The van der Waals surface area contributed by atoms with E-state index in [2.05, 4.69) is 15.5 Å². The van der Waals surface area contributed by atoms with E-state index < -0.39 is 0 Å². The zero-order valence-corrected chi connectivity index (χ0v) is 9.99. The number of hydrogen-bond acceptors (Lipinski definition) is 3. The van der Waals surface area contributed by atoms with Crippen molar-refractivity contribution >= 4 is 17.3 Å². The number of rotatable bonds is 8. The highest BCUT2D eigenvalue weighted by atomic mass is 32.1. The maximum Gasteiger partial charge on any atom is 0.166 e. The van der Waals surface area contributed by atoms with Crippen LogP contribution in [0.5, 0.6) is 0 Å². The predicted molar refractivity (Wildman–Crippen MR) is 65.4 cm³/mol. The lowest BCUT2D eigenvalue weighted by Gasteiger charge is -2.22. The summed E-state index contributed by atoms with van der Waals surface area (Å²) < 4.78 is 0. The third-order valence-electron chi connectivity index (χ3n) is 2.02. The fourth-order valence-electron chi connectivity index (χ4n) is 1.23. The molecule has 4 N–H and O–H groups in total. The first-order valence-electron chi connectivity index (χ1n) is 5.06. The van der Waals surface area contributed by atoms with Crippen LogP contribution in [0.2, 0.25) is 0 Å².